The van der Waals surface area contributed by atoms with Gasteiger partial charge in [-0.05, 0) is 82.3 Å². The standard InChI is InChI=1S/C52H85N13O20S/c1-7-26(4)43-51(84)56-23-38(70)57-34(24-66)50(83)64-42(25(2)3)52(85)62-31(14-18-41(75)76)47(80)59-28(11-15-36(53)68)45(78)60-29(12-16-39(71)72)46(79)61-30(13-17-40(73)74)48(81)63-33(22-37(54)69)35(67)10-8-9-20-55-27(5)44(77)58-32(19-21-86-6)49(82)65-43/h25-34,42-43,55,66H,7-24H2,1-6H3,(H2,53,68)(H2,54,69)(H,56,84)(H,57,70)(H,58,77)(H,59,80)(H,60,78)(H,61,79)(H,62,85)(H,63,81)(H,64,83)(H,65,82)(H,71,72)(H,73,74)(H,75,76)/t26-,27-,28-,29-,30-,31-,32-,33-,34-,42-,43-/m0/s1. The van der Waals surface area contributed by atoms with Gasteiger partial charge in [0.1, 0.15) is 48.3 Å². The van der Waals surface area contributed by atoms with E-state index < -0.39 is 238 Å². The molecule has 0 saturated carbocycles. The molecule has 19 N–H and O–H groups in total. The minimum Gasteiger partial charge on any atom is -0.481 e. The lowest BCUT2D eigenvalue weighted by molar-refractivity contribution is -0.140. The van der Waals surface area contributed by atoms with Crippen molar-refractivity contribution in [1.29, 1.82) is 0 Å². The third-order valence-corrected chi connectivity index (χ3v) is 14.1. The first kappa shape index (κ1) is 76.0. The van der Waals surface area contributed by atoms with E-state index in [4.69, 9.17) is 11.5 Å². The summed E-state index contributed by atoms with van der Waals surface area (Å²) in [5.41, 5.74) is 10.8. The molecule has 0 aliphatic carbocycles. The smallest absolute Gasteiger partial charge is 0.303 e. The molecule has 34 heteroatoms. The summed E-state index contributed by atoms with van der Waals surface area (Å²) in [6.45, 7) is 6.02. The number of nitrogens with two attached hydrogens (primary N) is 2. The van der Waals surface area contributed by atoms with Crippen LogP contribution in [0.3, 0.4) is 0 Å². The van der Waals surface area contributed by atoms with Crippen LogP contribution in [0.5, 0.6) is 0 Å². The average Bonchev–Trinajstić information content (AvgIpc) is 2.82. The third kappa shape index (κ3) is 29.2. The lowest BCUT2D eigenvalue weighted by Gasteiger charge is -2.28. The number of carbonyl (C=O) groups excluding carboxylic acids is 13. The van der Waals surface area contributed by atoms with Gasteiger partial charge in [0.05, 0.1) is 31.7 Å². The molecule has 0 unspecified atom stereocenters. The van der Waals surface area contributed by atoms with E-state index in [2.05, 4.69) is 58.5 Å². The van der Waals surface area contributed by atoms with Crippen molar-refractivity contribution in [3.8, 4) is 0 Å². The first-order chi connectivity index (χ1) is 40.3. The van der Waals surface area contributed by atoms with Crippen LogP contribution in [0.15, 0.2) is 0 Å². The number of thioether (sulfide) groups is 1. The van der Waals surface area contributed by atoms with Gasteiger partial charge in [-0.1, -0.05) is 34.1 Å². The molecule has 12 amide bonds. The molecular weight excluding hydrogens is 1160 g/mol. The van der Waals surface area contributed by atoms with Gasteiger partial charge < -0.3 is 90.4 Å². The van der Waals surface area contributed by atoms with Crippen molar-refractivity contribution in [1.82, 2.24) is 58.5 Å². The summed E-state index contributed by atoms with van der Waals surface area (Å²) >= 11 is 1.37. The molecular formula is C52H85N13O20S. The van der Waals surface area contributed by atoms with Crippen LogP contribution >= 0.6 is 11.8 Å². The molecule has 11 atom stereocenters. The fourth-order valence-electron chi connectivity index (χ4n) is 8.23. The number of aliphatic hydroxyl groups is 1. The van der Waals surface area contributed by atoms with Crippen molar-refractivity contribution in [2.75, 3.05) is 31.7 Å². The number of primary amides is 2. The zero-order valence-corrected chi connectivity index (χ0v) is 49.9. The molecule has 484 valence electrons. The molecule has 1 aliphatic rings. The molecule has 33 nitrogen and oxygen atoms in total. The molecule has 1 aliphatic heterocycles. The average molecular weight is 1240 g/mol. The number of rotatable bonds is 21. The Kier molecular flexibility index (Phi) is 35.0. The summed E-state index contributed by atoms with van der Waals surface area (Å²) in [7, 11) is 0. The maximum atomic E-state index is 14.0. The Hall–Kier alpha value is -8.01. The number of carboxylic acids is 3. The highest BCUT2D eigenvalue weighted by Gasteiger charge is 2.37. The zero-order valence-electron chi connectivity index (χ0n) is 49.0. The minimum absolute atomic E-state index is 0.101. The van der Waals surface area contributed by atoms with Gasteiger partial charge in [0.2, 0.25) is 70.9 Å². The lowest BCUT2D eigenvalue weighted by atomic mass is 9.97. The van der Waals surface area contributed by atoms with Gasteiger partial charge in [0.15, 0.2) is 5.78 Å². The first-order valence-electron chi connectivity index (χ1n) is 27.9. The molecule has 86 heavy (non-hydrogen) atoms. The highest BCUT2D eigenvalue weighted by molar-refractivity contribution is 7.98. The van der Waals surface area contributed by atoms with E-state index in [-0.39, 0.29) is 32.2 Å². The van der Waals surface area contributed by atoms with Crippen molar-refractivity contribution >= 4 is 106 Å². The third-order valence-electron chi connectivity index (χ3n) is 13.5. The maximum Gasteiger partial charge on any atom is 0.303 e. The van der Waals surface area contributed by atoms with Crippen LogP contribution in [0.1, 0.15) is 125 Å². The zero-order chi connectivity index (χ0) is 65.4. The summed E-state index contributed by atoms with van der Waals surface area (Å²) in [4.78, 5) is 210. The molecule has 0 aromatic heterocycles. The van der Waals surface area contributed by atoms with Gasteiger partial charge in [-0.15, -0.1) is 0 Å². The number of Topliss-reactive ketones (excluding diaryl/α,β-unsaturated/α-hetero) is 1. The number of hydrogen-bond acceptors (Lipinski definition) is 19. The Morgan fingerprint density at radius 3 is 1.37 bits per heavy atom. The predicted molar refractivity (Wildman–Crippen MR) is 304 cm³/mol. The van der Waals surface area contributed by atoms with Crippen LogP contribution in [0.2, 0.25) is 0 Å². The lowest BCUT2D eigenvalue weighted by Crippen LogP contribution is -2.61. The second-order valence-corrected chi connectivity index (χ2v) is 21.8. The first-order valence-corrected chi connectivity index (χ1v) is 29.3. The monoisotopic (exact) mass is 1240 g/mol. The minimum atomic E-state index is -1.93. The van der Waals surface area contributed by atoms with Gasteiger partial charge >= 0.3 is 17.9 Å². The predicted octanol–water partition coefficient (Wildman–Crippen LogP) is -5.62. The second-order valence-electron chi connectivity index (χ2n) is 20.8. The molecule has 0 spiro atoms. The van der Waals surface area contributed by atoms with E-state index in [1.807, 2.05) is 0 Å². The van der Waals surface area contributed by atoms with Crippen molar-refractivity contribution in [2.24, 2.45) is 23.3 Å². The van der Waals surface area contributed by atoms with E-state index in [9.17, 15) is 97.1 Å². The fraction of sp³-hybridized carbons (Fsp3) is 0.692. The Labute approximate surface area is 500 Å². The molecule has 0 bridgehead atoms. The Morgan fingerprint density at radius 1 is 0.523 bits per heavy atom. The number of carboxylic acid groups (broad SMARTS) is 3. The Morgan fingerprint density at radius 2 is 0.942 bits per heavy atom. The number of ketones is 1. The van der Waals surface area contributed by atoms with E-state index in [1.165, 1.54) is 32.5 Å². The maximum absolute atomic E-state index is 14.0. The summed E-state index contributed by atoms with van der Waals surface area (Å²) in [5.74, 6) is -18.8. The number of aliphatic carboxylic acids is 3. The van der Waals surface area contributed by atoms with Gasteiger partial charge in [-0.3, -0.25) is 76.7 Å². The van der Waals surface area contributed by atoms with Crippen molar-refractivity contribution in [3.63, 3.8) is 0 Å². The van der Waals surface area contributed by atoms with Gasteiger partial charge in [0.25, 0.3) is 0 Å². The van der Waals surface area contributed by atoms with Gasteiger partial charge in [-0.2, -0.15) is 11.8 Å². The van der Waals surface area contributed by atoms with E-state index in [0.29, 0.717) is 12.2 Å². The normalized spacial score (nSPS) is 25.4. The van der Waals surface area contributed by atoms with Crippen LogP contribution < -0.4 is 70.0 Å². The topological polar surface area (TPSA) is 538 Å². The Balaban J connectivity index is 3.95. The van der Waals surface area contributed by atoms with Crippen LogP contribution in [0, 0.1) is 11.8 Å². The molecule has 1 fully saturated rings. The number of hydrogen-bond donors (Lipinski definition) is 17. The fourth-order valence-corrected chi connectivity index (χ4v) is 8.71. The number of aliphatic hydroxyl groups excluding tert-OH is 1. The van der Waals surface area contributed by atoms with Crippen molar-refractivity contribution < 1.29 is 97.1 Å². The van der Waals surface area contributed by atoms with Gasteiger partial charge in [-0.25, -0.2) is 0 Å². The number of amides is 12. The largest absolute Gasteiger partial charge is 0.481 e. The molecule has 0 aromatic rings. The quantitative estimate of drug-likeness (QED) is 0.0509. The van der Waals surface area contributed by atoms with Gasteiger partial charge in [0, 0.05) is 32.1 Å². The summed E-state index contributed by atoms with van der Waals surface area (Å²) in [6, 6.07) is -15.9. The van der Waals surface area contributed by atoms with Crippen molar-refractivity contribution in [2.45, 2.75) is 185 Å². The SMILES string of the molecule is CC[C@H](C)[C@@H]1NC(=O)[C@H](CCSC)NC(=O)[C@H](C)NCCCCC(=O)[C@H](CC(N)=O)NC(=O)[C@H](CCC(=O)O)NC(=O)[C@H](CCC(=O)O)NC(=O)[C@H](CCC(N)=O)NC(=O)[C@H](CCC(=O)O)NC(=O)[C@H](C(C)C)NC(=O)[C@H](CO)NC(=O)CNC1=O. The highest BCUT2D eigenvalue weighted by atomic mass is 32.2. The van der Waals surface area contributed by atoms with Crippen LogP contribution in [0.4, 0.5) is 0 Å². The molecule has 0 radical (unpaired) electrons. The molecule has 1 saturated heterocycles. The molecule has 0 aromatic carbocycles. The summed E-state index contributed by atoms with van der Waals surface area (Å²) in [5, 5.41) is 65.3. The van der Waals surface area contributed by atoms with Crippen LogP contribution in [-0.2, 0) is 76.7 Å². The van der Waals surface area contributed by atoms with Crippen molar-refractivity contribution in [3.05, 3.63) is 0 Å². The highest BCUT2D eigenvalue weighted by Crippen LogP contribution is 2.13. The second kappa shape index (κ2) is 39.6. The van der Waals surface area contributed by atoms with E-state index >= 15 is 0 Å². The molecule has 1 rings (SSSR count). The van der Waals surface area contributed by atoms with E-state index in [0.717, 1.165) is 0 Å². The van der Waals surface area contributed by atoms with E-state index in [1.54, 1.807) is 20.1 Å². The number of nitrogens with one attached hydrogen (secondary N) is 11. The Bertz CT molecular complexity index is 2430. The summed E-state index contributed by atoms with van der Waals surface area (Å²) < 4.78 is 0. The number of carbonyl (C=O) groups is 16. The van der Waals surface area contributed by atoms with Crippen LogP contribution in [-0.4, -0.2) is 207 Å². The summed E-state index contributed by atoms with van der Waals surface area (Å²) in [6.07, 6.45) is -4.28. The molecule has 1 heterocycles. The van der Waals surface area contributed by atoms with Crippen LogP contribution in [0.25, 0.3) is 0 Å².